The summed E-state index contributed by atoms with van der Waals surface area (Å²) in [6.07, 6.45) is 26.1. The normalized spacial score (nSPS) is 10.5. The van der Waals surface area contributed by atoms with Gasteiger partial charge in [0.25, 0.3) is 0 Å². The minimum Gasteiger partial charge on any atom is -0.247 e. The van der Waals surface area contributed by atoms with Crippen molar-refractivity contribution in [3.63, 3.8) is 0 Å². The van der Waals surface area contributed by atoms with Gasteiger partial charge in [-0.2, -0.15) is 0 Å². The van der Waals surface area contributed by atoms with Crippen molar-refractivity contribution in [3.05, 3.63) is 227 Å². The predicted molar refractivity (Wildman–Crippen MR) is 330 cm³/mol. The highest BCUT2D eigenvalue weighted by Gasteiger charge is 2.17. The number of hydrogen-bond acceptors (Lipinski definition) is 12. The van der Waals surface area contributed by atoms with E-state index >= 15 is 0 Å². The van der Waals surface area contributed by atoms with Crippen LogP contribution in [-0.2, 0) is 78.5 Å². The van der Waals surface area contributed by atoms with Gasteiger partial charge in [0.2, 0.25) is 0 Å². The molecule has 0 fully saturated rings. The van der Waals surface area contributed by atoms with Gasteiger partial charge < -0.3 is 0 Å². The number of allylic oxidation sites excluding steroid dienone is 8. The number of nitrogens with zero attached hydrogens (tertiary/aromatic N) is 12. The summed E-state index contributed by atoms with van der Waals surface area (Å²) >= 11 is 0. The Kier molecular flexibility index (Phi) is 34.9. The van der Waals surface area contributed by atoms with Crippen LogP contribution in [0.2, 0.25) is 0 Å². The fraction of sp³-hybridized carbons (Fsp3) is 0.525. The zero-order valence-corrected chi connectivity index (χ0v) is 49.6. The first-order valence-electron chi connectivity index (χ1n) is 28.5. The molecule has 24 heteroatoms. The number of hydrogen-bond donors (Lipinski definition) is 0. The molecule has 0 aliphatic carbocycles. The lowest BCUT2D eigenvalue weighted by Gasteiger charge is -2.12. The molecular formula is C59H90N12O12. The molecule has 4 rings (SSSR count). The molecule has 0 bridgehead atoms. The maximum absolute atomic E-state index is 12.4. The van der Waals surface area contributed by atoms with Crippen molar-refractivity contribution < 1.29 is 0 Å². The summed E-state index contributed by atoms with van der Waals surface area (Å²) in [6.45, 7) is 38.5. The van der Waals surface area contributed by atoms with Crippen molar-refractivity contribution in [2.45, 2.75) is 203 Å². The van der Waals surface area contributed by atoms with Crippen molar-refractivity contribution in [2.75, 3.05) is 0 Å². The third-order valence-electron chi connectivity index (χ3n) is 12.7. The Morgan fingerprint density at radius 3 is 0.530 bits per heavy atom. The summed E-state index contributed by atoms with van der Waals surface area (Å²) in [4.78, 5) is 146. The van der Waals surface area contributed by atoms with Gasteiger partial charge in [-0.3, -0.25) is 0 Å². The molecule has 0 aromatic carbocycles. The highest BCUT2D eigenvalue weighted by atomic mass is 16.2. The summed E-state index contributed by atoms with van der Waals surface area (Å²) in [5, 5.41) is 0. The molecular weight excluding hydrogens is 1070 g/mol. The molecule has 4 aromatic rings. The highest BCUT2D eigenvalue weighted by molar-refractivity contribution is 4.89. The molecule has 0 N–H and O–H groups in total. The van der Waals surface area contributed by atoms with E-state index in [2.05, 4.69) is 66.5 Å². The van der Waals surface area contributed by atoms with Gasteiger partial charge in [0, 0.05) is 26.2 Å². The summed E-state index contributed by atoms with van der Waals surface area (Å²) in [7, 11) is 0. The molecule has 4 heterocycles. The van der Waals surface area contributed by atoms with Gasteiger partial charge in [0.05, 0.1) is 52.4 Å². The van der Waals surface area contributed by atoms with Crippen LogP contribution in [0.5, 0.6) is 0 Å². The van der Waals surface area contributed by atoms with Gasteiger partial charge in [0.15, 0.2) is 0 Å². The van der Waals surface area contributed by atoms with E-state index < -0.39 is 68.3 Å². The standard InChI is InChI=1S/C17H27N3O3.C15H23N3O3.C14H21N3O3.C13H19N3O3/c1-4-7-8-9-10-11-14-20-16(22)18(12-5-2)15(21)19(13-6-3)17(20)23;1-4-7-8-9-12-18-14(20)16(10-5-2)13(19)17(11-6-3)15(18)21;1-4-7-8-11-17-13(19)15(9-5-2)12(18)16(10-6-3)14(17)20;1-4-7-10-16-12(18)14(8-5-2)11(17)15(9-6-3)13(16)19/h5-6H,2-4,7-14H2,1H3;5-6H,2-4,7-12H2,1H3;5-6H,2-4,7-11H2,1H3;5-6H,2-4,7-10H2,1H3. The van der Waals surface area contributed by atoms with Crippen LogP contribution in [-0.4, -0.2) is 54.8 Å². The van der Waals surface area contributed by atoms with Gasteiger partial charge in [0.1, 0.15) is 0 Å². The van der Waals surface area contributed by atoms with Crippen molar-refractivity contribution in [1.29, 1.82) is 0 Å². The van der Waals surface area contributed by atoms with Gasteiger partial charge in [-0.25, -0.2) is 112 Å². The van der Waals surface area contributed by atoms with Crippen molar-refractivity contribution in [2.24, 2.45) is 0 Å². The summed E-state index contributed by atoms with van der Waals surface area (Å²) in [6, 6.07) is 0. The van der Waals surface area contributed by atoms with E-state index in [4.69, 9.17) is 0 Å². The molecule has 0 spiro atoms. The molecule has 0 aliphatic heterocycles. The summed E-state index contributed by atoms with van der Waals surface area (Å²) in [5.41, 5.74) is -7.03. The quantitative estimate of drug-likeness (QED) is 0.0466. The molecule has 0 saturated carbocycles. The van der Waals surface area contributed by atoms with Crippen molar-refractivity contribution in [3.8, 4) is 0 Å². The lowest BCUT2D eigenvalue weighted by molar-refractivity contribution is 0.457. The molecule has 4 aromatic heterocycles. The van der Waals surface area contributed by atoms with E-state index in [1.165, 1.54) is 67.9 Å². The van der Waals surface area contributed by atoms with E-state index in [1.54, 1.807) is 0 Å². The SMILES string of the molecule is C=CCn1c(=O)n(CC=C)c(=O)n(CCCC)c1=O.C=CCn1c(=O)n(CC=C)c(=O)n(CCCCC)c1=O.C=CCn1c(=O)n(CC=C)c(=O)n(CCCCCC)c1=O.C=CCn1c(=O)n(CC=C)c(=O)n(CCCCCCCC)c1=O. The molecule has 83 heavy (non-hydrogen) atoms. The van der Waals surface area contributed by atoms with Crippen LogP contribution >= 0.6 is 0 Å². The molecule has 24 nitrogen and oxygen atoms in total. The molecule has 0 aliphatic rings. The number of unbranched alkanes of at least 4 members (excludes halogenated alkanes) is 11. The minimum absolute atomic E-state index is 0.0845. The molecule has 0 saturated heterocycles. The van der Waals surface area contributed by atoms with Gasteiger partial charge in [-0.1, -0.05) is 147 Å². The molecule has 0 atom stereocenters. The second kappa shape index (κ2) is 39.9. The van der Waals surface area contributed by atoms with Gasteiger partial charge in [-0.05, 0) is 25.7 Å². The maximum atomic E-state index is 12.4. The zero-order chi connectivity index (χ0) is 62.6. The second-order valence-electron chi connectivity index (χ2n) is 19.1. The summed E-state index contributed by atoms with van der Waals surface area (Å²) in [5.74, 6) is 0. The molecule has 0 amide bonds. The monoisotopic (exact) mass is 1160 g/mol. The Labute approximate surface area is 482 Å². The first-order valence-corrected chi connectivity index (χ1v) is 28.5. The van der Waals surface area contributed by atoms with E-state index in [-0.39, 0.29) is 52.4 Å². The largest absolute Gasteiger partial charge is 0.336 e. The van der Waals surface area contributed by atoms with Crippen molar-refractivity contribution >= 4 is 0 Å². The third-order valence-corrected chi connectivity index (χ3v) is 12.7. The first kappa shape index (κ1) is 72.6. The average Bonchev–Trinajstić information content (AvgIpc) is 3.68. The maximum Gasteiger partial charge on any atom is 0.336 e. The highest BCUT2D eigenvalue weighted by Crippen LogP contribution is 2.05. The van der Waals surface area contributed by atoms with Gasteiger partial charge in [-0.15, -0.1) is 52.6 Å². The Morgan fingerprint density at radius 1 is 0.205 bits per heavy atom. The minimum atomic E-state index is -0.623. The Bertz CT molecular complexity index is 3380. The van der Waals surface area contributed by atoms with E-state index in [9.17, 15) is 57.5 Å². The Hall–Kier alpha value is -8.44. The number of rotatable bonds is 35. The third kappa shape index (κ3) is 20.8. The van der Waals surface area contributed by atoms with E-state index in [0.29, 0.717) is 32.6 Å². The zero-order valence-electron chi connectivity index (χ0n) is 49.6. The average molecular weight is 1160 g/mol. The van der Waals surface area contributed by atoms with Crippen molar-refractivity contribution in [1.82, 2.24) is 54.8 Å². The van der Waals surface area contributed by atoms with Crippen LogP contribution in [0.15, 0.2) is 159 Å². The van der Waals surface area contributed by atoms with Crippen LogP contribution in [0, 0.1) is 0 Å². The summed E-state index contributed by atoms with van der Waals surface area (Å²) < 4.78 is 12.7. The van der Waals surface area contributed by atoms with Crippen LogP contribution < -0.4 is 68.3 Å². The molecule has 0 unspecified atom stereocenters. The van der Waals surface area contributed by atoms with E-state index in [0.717, 1.165) is 125 Å². The fourth-order valence-corrected chi connectivity index (χ4v) is 8.36. The molecule has 0 radical (unpaired) electrons. The smallest absolute Gasteiger partial charge is 0.247 e. The Balaban J connectivity index is 0.000000555. The van der Waals surface area contributed by atoms with Gasteiger partial charge >= 0.3 is 68.3 Å². The van der Waals surface area contributed by atoms with Crippen LogP contribution in [0.4, 0.5) is 0 Å². The topological polar surface area (TPSA) is 264 Å². The number of aromatic nitrogens is 12. The first-order chi connectivity index (χ1) is 39.8. The van der Waals surface area contributed by atoms with Crippen LogP contribution in [0.1, 0.15) is 124 Å². The van der Waals surface area contributed by atoms with E-state index in [1.807, 2.05) is 13.8 Å². The molecule has 458 valence electrons. The predicted octanol–water partition coefficient (Wildman–Crippen LogP) is 4.11. The van der Waals surface area contributed by atoms with Crippen LogP contribution in [0.3, 0.4) is 0 Å². The fourth-order valence-electron chi connectivity index (χ4n) is 8.36. The van der Waals surface area contributed by atoms with Crippen LogP contribution in [0.25, 0.3) is 0 Å². The Morgan fingerprint density at radius 2 is 0.337 bits per heavy atom. The lowest BCUT2D eigenvalue weighted by atomic mass is 10.1. The lowest BCUT2D eigenvalue weighted by Crippen LogP contribution is -2.54. The second-order valence-corrected chi connectivity index (χ2v) is 19.1.